The molecule has 0 fully saturated rings. The van der Waals surface area contributed by atoms with Gasteiger partial charge < -0.3 is 9.47 Å². The lowest BCUT2D eigenvalue weighted by Crippen LogP contribution is -2.09. The first-order valence-electron chi connectivity index (χ1n) is 7.70. The molecular weight excluding hydrogens is 345 g/mol. The molecule has 0 saturated carbocycles. The number of nitro groups is 1. The number of nitrogens with zero attached hydrogens (tertiary/aromatic N) is 1. The molecule has 2 aromatic carbocycles. The highest BCUT2D eigenvalue weighted by molar-refractivity contribution is 5.96. The lowest BCUT2D eigenvalue weighted by Gasteiger charge is -2.06. The second-order valence-corrected chi connectivity index (χ2v) is 5.31. The first-order chi connectivity index (χ1) is 12.4. The summed E-state index contributed by atoms with van der Waals surface area (Å²) in [5.74, 6) is -1.31. The molecule has 0 N–H and O–H groups in total. The first kappa shape index (κ1) is 19.0. The average molecular weight is 361 g/mol. The van der Waals surface area contributed by atoms with Gasteiger partial charge in [-0.05, 0) is 42.8 Å². The number of carbonyl (C=O) groups is 2. The number of Topliss-reactive ketones (excluding diaryl/α,β-unsaturated/α-hetero) is 1. The summed E-state index contributed by atoms with van der Waals surface area (Å²) in [6, 6.07) is 8.92. The van der Waals surface area contributed by atoms with E-state index in [9.17, 15) is 24.1 Å². The van der Waals surface area contributed by atoms with Crippen LogP contribution in [0.25, 0.3) is 0 Å². The zero-order valence-electron chi connectivity index (χ0n) is 13.9. The Labute approximate surface area is 148 Å². The molecule has 0 aliphatic heterocycles. The number of ether oxygens (including phenoxy) is 2. The van der Waals surface area contributed by atoms with Gasteiger partial charge in [0.2, 0.25) is 0 Å². The lowest BCUT2D eigenvalue weighted by molar-refractivity contribution is -0.385. The Morgan fingerprint density at radius 2 is 1.77 bits per heavy atom. The van der Waals surface area contributed by atoms with Crippen molar-refractivity contribution in [2.24, 2.45) is 0 Å². The van der Waals surface area contributed by atoms with Crippen LogP contribution in [0.2, 0.25) is 0 Å². The minimum absolute atomic E-state index is 0.0161. The third kappa shape index (κ3) is 4.85. The van der Waals surface area contributed by atoms with E-state index < -0.39 is 16.7 Å². The minimum Gasteiger partial charge on any atom is -0.490 e. The molecular formula is C18H16FNO6. The third-order valence-corrected chi connectivity index (χ3v) is 3.56. The number of esters is 1. The molecule has 0 radical (unpaired) electrons. The van der Waals surface area contributed by atoms with Crippen molar-refractivity contribution in [2.45, 2.75) is 12.8 Å². The van der Waals surface area contributed by atoms with Crippen molar-refractivity contribution in [3.63, 3.8) is 0 Å². The Bertz CT molecular complexity index is 819. The molecule has 26 heavy (non-hydrogen) atoms. The maximum atomic E-state index is 12.8. The number of benzene rings is 2. The summed E-state index contributed by atoms with van der Waals surface area (Å²) >= 11 is 0. The molecule has 0 saturated heterocycles. The first-order valence-corrected chi connectivity index (χ1v) is 7.70. The highest BCUT2D eigenvalue weighted by Crippen LogP contribution is 2.27. The summed E-state index contributed by atoms with van der Waals surface area (Å²) in [6.07, 6.45) is 0.405. The van der Waals surface area contributed by atoms with E-state index in [4.69, 9.17) is 9.47 Å². The molecule has 2 rings (SSSR count). The van der Waals surface area contributed by atoms with Crippen LogP contribution >= 0.6 is 0 Å². The predicted octanol–water partition coefficient (Wildman–Crippen LogP) is 3.56. The van der Waals surface area contributed by atoms with Gasteiger partial charge in [-0.15, -0.1) is 0 Å². The van der Waals surface area contributed by atoms with Crippen molar-refractivity contribution in [3.05, 3.63) is 69.5 Å². The van der Waals surface area contributed by atoms with E-state index in [1.807, 2.05) is 0 Å². The lowest BCUT2D eigenvalue weighted by atomic mass is 10.1. The molecule has 0 atom stereocenters. The molecule has 7 nitrogen and oxygen atoms in total. The number of halogens is 1. The van der Waals surface area contributed by atoms with Gasteiger partial charge in [-0.3, -0.25) is 14.9 Å². The van der Waals surface area contributed by atoms with Gasteiger partial charge in [0.15, 0.2) is 11.5 Å². The summed E-state index contributed by atoms with van der Waals surface area (Å²) in [5, 5.41) is 11.0. The maximum absolute atomic E-state index is 12.8. The van der Waals surface area contributed by atoms with Crippen LogP contribution < -0.4 is 4.74 Å². The van der Waals surface area contributed by atoms with Crippen LogP contribution in [0.15, 0.2) is 42.5 Å². The van der Waals surface area contributed by atoms with Gasteiger partial charge in [0, 0.05) is 18.1 Å². The van der Waals surface area contributed by atoms with Gasteiger partial charge in [-0.2, -0.15) is 0 Å². The molecule has 2 aromatic rings. The van der Waals surface area contributed by atoms with Crippen molar-refractivity contribution in [1.82, 2.24) is 0 Å². The maximum Gasteiger partial charge on any atom is 0.338 e. The summed E-state index contributed by atoms with van der Waals surface area (Å²) in [4.78, 5) is 34.2. The van der Waals surface area contributed by atoms with E-state index in [2.05, 4.69) is 0 Å². The molecule has 0 heterocycles. The van der Waals surface area contributed by atoms with E-state index in [1.165, 1.54) is 43.5 Å². The summed E-state index contributed by atoms with van der Waals surface area (Å²) < 4.78 is 22.7. The fourth-order valence-corrected chi connectivity index (χ4v) is 2.22. The average Bonchev–Trinajstić information content (AvgIpc) is 2.64. The topological polar surface area (TPSA) is 95.7 Å². The number of hydrogen-bond acceptors (Lipinski definition) is 6. The normalized spacial score (nSPS) is 10.2. The van der Waals surface area contributed by atoms with E-state index in [0.29, 0.717) is 5.56 Å². The second-order valence-electron chi connectivity index (χ2n) is 5.31. The minimum atomic E-state index is -0.731. The van der Waals surface area contributed by atoms with Crippen LogP contribution in [0.1, 0.15) is 33.6 Å². The highest BCUT2D eigenvalue weighted by Gasteiger charge is 2.19. The Kier molecular flexibility index (Phi) is 6.37. The van der Waals surface area contributed by atoms with Gasteiger partial charge in [0.1, 0.15) is 5.82 Å². The molecule has 0 spiro atoms. The Hall–Kier alpha value is -3.29. The van der Waals surface area contributed by atoms with E-state index in [1.54, 1.807) is 0 Å². The molecule has 0 bridgehead atoms. The fourth-order valence-electron chi connectivity index (χ4n) is 2.22. The van der Waals surface area contributed by atoms with E-state index in [0.717, 1.165) is 6.07 Å². The molecule has 0 unspecified atom stereocenters. The third-order valence-electron chi connectivity index (χ3n) is 3.56. The van der Waals surface area contributed by atoms with Gasteiger partial charge in [-0.1, -0.05) is 0 Å². The number of methoxy groups -OCH3 is 1. The zero-order chi connectivity index (χ0) is 19.1. The number of rotatable bonds is 8. The van der Waals surface area contributed by atoms with Crippen LogP contribution in [0.3, 0.4) is 0 Å². The molecule has 0 aliphatic rings. The summed E-state index contributed by atoms with van der Waals surface area (Å²) in [5.41, 5.74) is 0.0549. The van der Waals surface area contributed by atoms with Gasteiger partial charge in [-0.25, -0.2) is 9.18 Å². The molecule has 8 heteroatoms. The van der Waals surface area contributed by atoms with Crippen molar-refractivity contribution < 1.29 is 28.4 Å². The quantitative estimate of drug-likeness (QED) is 0.234. The van der Waals surface area contributed by atoms with Crippen molar-refractivity contribution in [2.75, 3.05) is 13.7 Å². The van der Waals surface area contributed by atoms with Crippen LogP contribution in [0.4, 0.5) is 10.1 Å². The summed E-state index contributed by atoms with van der Waals surface area (Å²) in [7, 11) is 1.29. The van der Waals surface area contributed by atoms with Crippen molar-refractivity contribution in [1.29, 1.82) is 0 Å². The van der Waals surface area contributed by atoms with E-state index in [-0.39, 0.29) is 42.2 Å². The Balaban J connectivity index is 1.87. The molecule has 136 valence electrons. The van der Waals surface area contributed by atoms with Gasteiger partial charge >= 0.3 is 11.7 Å². The Morgan fingerprint density at radius 1 is 1.12 bits per heavy atom. The summed E-state index contributed by atoms with van der Waals surface area (Å²) in [6.45, 7) is -0.0222. The van der Waals surface area contributed by atoms with Crippen LogP contribution in [0.5, 0.6) is 5.75 Å². The van der Waals surface area contributed by atoms with Gasteiger partial charge in [0.05, 0.1) is 24.2 Å². The zero-order valence-corrected chi connectivity index (χ0v) is 13.9. The SMILES string of the molecule is COc1ccc(C(=O)OCCCC(=O)c2ccc(F)cc2)cc1[N+](=O)[O-]. The second kappa shape index (κ2) is 8.70. The van der Waals surface area contributed by atoms with Crippen molar-refractivity contribution in [3.8, 4) is 5.75 Å². The standard InChI is InChI=1S/C18H16FNO6/c1-25-17-9-6-13(11-15(17)20(23)24)18(22)26-10-2-3-16(21)12-4-7-14(19)8-5-12/h4-9,11H,2-3,10H2,1H3. The number of hydrogen-bond donors (Lipinski definition) is 0. The number of nitro benzene ring substituents is 1. The van der Waals surface area contributed by atoms with Crippen LogP contribution in [0, 0.1) is 15.9 Å². The number of ketones is 1. The predicted molar refractivity (Wildman–Crippen MR) is 89.9 cm³/mol. The monoisotopic (exact) mass is 361 g/mol. The molecule has 0 aromatic heterocycles. The number of carbonyl (C=O) groups excluding carboxylic acids is 2. The Morgan fingerprint density at radius 3 is 2.38 bits per heavy atom. The largest absolute Gasteiger partial charge is 0.490 e. The van der Waals surface area contributed by atoms with Crippen LogP contribution in [-0.2, 0) is 4.74 Å². The highest BCUT2D eigenvalue weighted by atomic mass is 19.1. The molecule has 0 aliphatic carbocycles. The fraction of sp³-hybridized carbons (Fsp3) is 0.222. The van der Waals surface area contributed by atoms with Gasteiger partial charge in [0.25, 0.3) is 0 Å². The van der Waals surface area contributed by atoms with Crippen LogP contribution in [-0.4, -0.2) is 30.4 Å². The van der Waals surface area contributed by atoms with Crippen molar-refractivity contribution >= 4 is 17.4 Å². The smallest absolute Gasteiger partial charge is 0.338 e. The molecule has 0 amide bonds. The van der Waals surface area contributed by atoms with E-state index >= 15 is 0 Å².